The second kappa shape index (κ2) is 12.7. The number of nitrogens with one attached hydrogen (secondary N) is 2. The first-order chi connectivity index (χ1) is 10.8. The summed E-state index contributed by atoms with van der Waals surface area (Å²) in [5.74, 6) is 0.922. The van der Waals surface area contributed by atoms with Crippen molar-refractivity contribution < 1.29 is 4.74 Å². The van der Waals surface area contributed by atoms with E-state index in [1.54, 1.807) is 0 Å². The molecule has 6 heteroatoms. The lowest BCUT2D eigenvalue weighted by atomic mass is 10.4. The number of ether oxygens (including phenoxy) is 1. The summed E-state index contributed by atoms with van der Waals surface area (Å²) in [6.07, 6.45) is 2.24. The third-order valence-electron chi connectivity index (χ3n) is 3.80. The van der Waals surface area contributed by atoms with Gasteiger partial charge in [-0.05, 0) is 46.8 Å². The van der Waals surface area contributed by atoms with E-state index in [9.17, 15) is 0 Å². The molecule has 1 fully saturated rings. The number of hydrogen-bond acceptors (Lipinski definition) is 4. The average Bonchev–Trinajstić information content (AvgIpc) is 2.72. The van der Waals surface area contributed by atoms with Gasteiger partial charge in [0.2, 0.25) is 0 Å². The number of nitrogens with zero attached hydrogens (tertiary/aromatic N) is 3. The van der Waals surface area contributed by atoms with Gasteiger partial charge in [0.25, 0.3) is 0 Å². The highest BCUT2D eigenvalue weighted by Gasteiger charge is 2.11. The van der Waals surface area contributed by atoms with Crippen LogP contribution in [0.2, 0.25) is 0 Å². The molecule has 6 nitrogen and oxygen atoms in total. The van der Waals surface area contributed by atoms with Crippen LogP contribution in [0.1, 0.15) is 26.7 Å². The van der Waals surface area contributed by atoms with Crippen LogP contribution in [0.15, 0.2) is 4.99 Å². The summed E-state index contributed by atoms with van der Waals surface area (Å²) in [7, 11) is 2.21. The molecule has 130 valence electrons. The summed E-state index contributed by atoms with van der Waals surface area (Å²) < 4.78 is 5.34. The molecule has 0 bridgehead atoms. The minimum absolute atomic E-state index is 0.785. The Labute approximate surface area is 136 Å². The van der Waals surface area contributed by atoms with Crippen molar-refractivity contribution in [2.24, 2.45) is 4.99 Å². The zero-order valence-corrected chi connectivity index (χ0v) is 14.7. The van der Waals surface area contributed by atoms with Crippen molar-refractivity contribution in [2.45, 2.75) is 26.7 Å². The molecule has 0 amide bonds. The maximum atomic E-state index is 5.34. The molecule has 0 radical (unpaired) electrons. The molecule has 0 spiro atoms. The number of guanidine groups is 1. The van der Waals surface area contributed by atoms with Gasteiger partial charge in [-0.2, -0.15) is 0 Å². The van der Waals surface area contributed by atoms with E-state index in [1.807, 2.05) is 6.92 Å². The van der Waals surface area contributed by atoms with Crippen LogP contribution in [-0.4, -0.2) is 88.4 Å². The fourth-order valence-corrected chi connectivity index (χ4v) is 2.50. The van der Waals surface area contributed by atoms with Crippen LogP contribution >= 0.6 is 0 Å². The van der Waals surface area contributed by atoms with Gasteiger partial charge in [0.1, 0.15) is 0 Å². The molecule has 1 rings (SSSR count). The number of rotatable bonds is 9. The Morgan fingerprint density at radius 2 is 2.00 bits per heavy atom. The molecule has 1 heterocycles. The van der Waals surface area contributed by atoms with Gasteiger partial charge >= 0.3 is 0 Å². The quantitative estimate of drug-likeness (QED) is 0.371. The molecule has 0 unspecified atom stereocenters. The smallest absolute Gasteiger partial charge is 0.191 e. The minimum Gasteiger partial charge on any atom is -0.382 e. The van der Waals surface area contributed by atoms with E-state index < -0.39 is 0 Å². The van der Waals surface area contributed by atoms with Crippen LogP contribution < -0.4 is 10.6 Å². The third kappa shape index (κ3) is 9.23. The molecule has 1 saturated heterocycles. The molecular weight excluding hydrogens is 278 g/mol. The fourth-order valence-electron chi connectivity index (χ4n) is 2.50. The first-order valence-corrected chi connectivity index (χ1v) is 8.77. The molecule has 0 atom stereocenters. The largest absolute Gasteiger partial charge is 0.382 e. The second-order valence-electron chi connectivity index (χ2n) is 5.74. The molecule has 1 aliphatic rings. The first-order valence-electron chi connectivity index (χ1n) is 8.77. The summed E-state index contributed by atoms with van der Waals surface area (Å²) in [5.41, 5.74) is 0. The van der Waals surface area contributed by atoms with Crippen molar-refractivity contribution in [3.63, 3.8) is 0 Å². The predicted octanol–water partition coefficient (Wildman–Crippen LogP) is 0.606. The Balaban J connectivity index is 2.20. The maximum absolute atomic E-state index is 5.34. The van der Waals surface area contributed by atoms with Crippen molar-refractivity contribution in [3.05, 3.63) is 0 Å². The monoisotopic (exact) mass is 313 g/mol. The summed E-state index contributed by atoms with van der Waals surface area (Å²) in [5, 5.41) is 6.74. The summed E-state index contributed by atoms with van der Waals surface area (Å²) in [6, 6.07) is 0. The lowest BCUT2D eigenvalue weighted by Gasteiger charge is -2.21. The van der Waals surface area contributed by atoms with Crippen molar-refractivity contribution in [2.75, 3.05) is 72.6 Å². The van der Waals surface area contributed by atoms with E-state index >= 15 is 0 Å². The average molecular weight is 313 g/mol. The fraction of sp³-hybridized carbons (Fsp3) is 0.938. The van der Waals surface area contributed by atoms with Gasteiger partial charge in [-0.1, -0.05) is 0 Å². The molecule has 1 aliphatic heterocycles. The van der Waals surface area contributed by atoms with Crippen LogP contribution in [-0.2, 0) is 4.74 Å². The molecular formula is C16H35N5O. The van der Waals surface area contributed by atoms with Gasteiger partial charge in [0.15, 0.2) is 5.96 Å². The second-order valence-corrected chi connectivity index (χ2v) is 5.74. The van der Waals surface area contributed by atoms with Crippen molar-refractivity contribution >= 4 is 5.96 Å². The van der Waals surface area contributed by atoms with Crippen LogP contribution in [0.25, 0.3) is 0 Å². The van der Waals surface area contributed by atoms with E-state index in [2.05, 4.69) is 39.4 Å². The number of aliphatic imine (C=N–C) groups is 1. The first kappa shape index (κ1) is 19.2. The lowest BCUT2D eigenvalue weighted by Crippen LogP contribution is -2.42. The highest BCUT2D eigenvalue weighted by Crippen LogP contribution is 1.99. The SMILES string of the molecule is CCNC(=NCCCOCC)NCCN1CCCN(C)CC1. The van der Waals surface area contributed by atoms with Crippen molar-refractivity contribution in [1.82, 2.24) is 20.4 Å². The van der Waals surface area contributed by atoms with Crippen LogP contribution in [0.5, 0.6) is 0 Å². The van der Waals surface area contributed by atoms with Gasteiger partial charge in [-0.15, -0.1) is 0 Å². The summed E-state index contributed by atoms with van der Waals surface area (Å²) >= 11 is 0. The molecule has 0 aromatic heterocycles. The lowest BCUT2D eigenvalue weighted by molar-refractivity contribution is 0.146. The van der Waals surface area contributed by atoms with Crippen molar-refractivity contribution in [3.8, 4) is 0 Å². The Bertz CT molecular complexity index is 298. The van der Waals surface area contributed by atoms with Gasteiger partial charge in [0.05, 0.1) is 0 Å². The summed E-state index contributed by atoms with van der Waals surface area (Å²) in [6.45, 7) is 14.2. The number of likely N-dealkylation sites (N-methyl/N-ethyl adjacent to an activating group) is 1. The molecule has 0 aromatic rings. The molecule has 2 N–H and O–H groups in total. The van der Waals surface area contributed by atoms with Crippen molar-refractivity contribution in [1.29, 1.82) is 0 Å². The maximum Gasteiger partial charge on any atom is 0.191 e. The Morgan fingerprint density at radius 3 is 2.77 bits per heavy atom. The van der Waals surface area contributed by atoms with Crippen LogP contribution in [0, 0.1) is 0 Å². The van der Waals surface area contributed by atoms with Crippen LogP contribution in [0.3, 0.4) is 0 Å². The van der Waals surface area contributed by atoms with Crippen LogP contribution in [0.4, 0.5) is 0 Å². The predicted molar refractivity (Wildman–Crippen MR) is 93.6 cm³/mol. The van der Waals surface area contributed by atoms with E-state index in [0.29, 0.717) is 0 Å². The van der Waals surface area contributed by atoms with E-state index in [4.69, 9.17) is 4.74 Å². The van der Waals surface area contributed by atoms with E-state index in [1.165, 1.54) is 32.6 Å². The minimum atomic E-state index is 0.785. The van der Waals surface area contributed by atoms with E-state index in [0.717, 1.165) is 51.8 Å². The molecule has 0 aliphatic carbocycles. The third-order valence-corrected chi connectivity index (χ3v) is 3.80. The topological polar surface area (TPSA) is 52.1 Å². The normalized spacial score (nSPS) is 18.2. The zero-order valence-electron chi connectivity index (χ0n) is 14.7. The van der Waals surface area contributed by atoms with Gasteiger partial charge in [0, 0.05) is 52.5 Å². The van der Waals surface area contributed by atoms with Gasteiger partial charge in [-0.25, -0.2) is 0 Å². The Morgan fingerprint density at radius 1 is 1.14 bits per heavy atom. The molecule has 0 saturated carbocycles. The number of hydrogen-bond donors (Lipinski definition) is 2. The highest BCUT2D eigenvalue weighted by atomic mass is 16.5. The molecule has 0 aromatic carbocycles. The standard InChI is InChI=1S/C16H35N5O/c1-4-17-16(18-8-6-15-22-5-2)19-9-12-21-11-7-10-20(3)13-14-21/h4-15H2,1-3H3,(H2,17,18,19). The Kier molecular flexibility index (Phi) is 11.1. The van der Waals surface area contributed by atoms with Gasteiger partial charge in [-0.3, -0.25) is 4.99 Å². The van der Waals surface area contributed by atoms with Gasteiger partial charge < -0.3 is 25.2 Å². The zero-order chi connectivity index (χ0) is 16.0. The molecule has 22 heavy (non-hydrogen) atoms. The summed E-state index contributed by atoms with van der Waals surface area (Å²) in [4.78, 5) is 9.54. The van der Waals surface area contributed by atoms with E-state index in [-0.39, 0.29) is 0 Å². The highest BCUT2D eigenvalue weighted by molar-refractivity contribution is 5.79. The Hall–Kier alpha value is -0.850.